The topological polar surface area (TPSA) is 15.3 Å². The lowest BCUT2D eigenvalue weighted by atomic mass is 9.98. The van der Waals surface area contributed by atoms with Gasteiger partial charge in [-0.1, -0.05) is 54.6 Å². The van der Waals surface area contributed by atoms with Gasteiger partial charge in [-0.15, -0.1) is 0 Å². The zero-order valence-corrected chi connectivity index (χ0v) is 14.3. The summed E-state index contributed by atoms with van der Waals surface area (Å²) in [6.45, 7) is 7.96. The summed E-state index contributed by atoms with van der Waals surface area (Å²) >= 11 is 0. The molecule has 0 aromatic heterocycles. The van der Waals surface area contributed by atoms with Crippen LogP contribution in [0.2, 0.25) is 0 Å². The number of nitrogens with one attached hydrogen (secondary N) is 1. The smallest absolute Gasteiger partial charge is 0.0242 e. The fourth-order valence-electron chi connectivity index (χ4n) is 3.55. The molecule has 0 aliphatic carbocycles. The van der Waals surface area contributed by atoms with Crippen molar-refractivity contribution in [2.24, 2.45) is 0 Å². The van der Waals surface area contributed by atoms with Crippen LogP contribution in [0.1, 0.15) is 37.0 Å². The minimum absolute atomic E-state index is 0.574. The van der Waals surface area contributed by atoms with Gasteiger partial charge in [0.05, 0.1) is 0 Å². The molecule has 1 heterocycles. The Labute approximate surface area is 140 Å². The maximum absolute atomic E-state index is 3.51. The van der Waals surface area contributed by atoms with Gasteiger partial charge in [0.15, 0.2) is 0 Å². The van der Waals surface area contributed by atoms with E-state index in [4.69, 9.17) is 0 Å². The summed E-state index contributed by atoms with van der Waals surface area (Å²) in [5, 5.41) is 3.51. The quantitative estimate of drug-likeness (QED) is 0.872. The Kier molecular flexibility index (Phi) is 5.47. The number of hydrogen-bond acceptors (Lipinski definition) is 2. The van der Waals surface area contributed by atoms with Gasteiger partial charge >= 0.3 is 0 Å². The molecule has 1 aliphatic rings. The van der Waals surface area contributed by atoms with Crippen LogP contribution in [0.5, 0.6) is 0 Å². The lowest BCUT2D eigenvalue weighted by Gasteiger charge is -2.33. The summed E-state index contributed by atoms with van der Waals surface area (Å²) in [5.41, 5.74) is 4.31. The molecule has 0 bridgehead atoms. The predicted molar refractivity (Wildman–Crippen MR) is 97.6 cm³/mol. The second-order valence-corrected chi connectivity index (χ2v) is 6.84. The van der Waals surface area contributed by atoms with E-state index in [2.05, 4.69) is 78.7 Å². The Hall–Kier alpha value is -1.64. The predicted octanol–water partition coefficient (Wildman–Crippen LogP) is 3.85. The number of nitrogens with zero attached hydrogens (tertiary/aromatic N) is 1. The third-order valence-electron chi connectivity index (χ3n) is 4.88. The van der Waals surface area contributed by atoms with E-state index in [0.717, 1.165) is 26.1 Å². The second kappa shape index (κ2) is 7.76. The first-order chi connectivity index (χ1) is 11.2. The molecule has 2 nitrogen and oxygen atoms in total. The van der Waals surface area contributed by atoms with E-state index in [-0.39, 0.29) is 0 Å². The van der Waals surface area contributed by atoms with Crippen molar-refractivity contribution in [3.8, 4) is 0 Å². The minimum Gasteiger partial charge on any atom is -0.315 e. The molecule has 1 saturated heterocycles. The van der Waals surface area contributed by atoms with Crippen LogP contribution in [0.3, 0.4) is 0 Å². The molecule has 23 heavy (non-hydrogen) atoms. The van der Waals surface area contributed by atoms with E-state index in [1.165, 1.54) is 23.1 Å². The molecule has 2 aromatic rings. The molecule has 2 heteroatoms. The van der Waals surface area contributed by atoms with E-state index in [1.54, 1.807) is 0 Å². The van der Waals surface area contributed by atoms with Gasteiger partial charge in [-0.2, -0.15) is 0 Å². The maximum atomic E-state index is 3.51. The van der Waals surface area contributed by atoms with Gasteiger partial charge in [0.2, 0.25) is 0 Å². The Morgan fingerprint density at radius 3 is 2.35 bits per heavy atom. The summed E-state index contributed by atoms with van der Waals surface area (Å²) in [4.78, 5) is 2.66. The van der Waals surface area contributed by atoms with Crippen molar-refractivity contribution < 1.29 is 0 Å². The van der Waals surface area contributed by atoms with Crippen molar-refractivity contribution >= 4 is 0 Å². The van der Waals surface area contributed by atoms with Crippen molar-refractivity contribution in [2.45, 2.75) is 45.3 Å². The third kappa shape index (κ3) is 4.21. The largest absolute Gasteiger partial charge is 0.315 e. The van der Waals surface area contributed by atoms with Gasteiger partial charge in [-0.25, -0.2) is 0 Å². The van der Waals surface area contributed by atoms with Crippen LogP contribution in [0.15, 0.2) is 54.6 Å². The molecule has 1 aliphatic heterocycles. The van der Waals surface area contributed by atoms with Crippen LogP contribution in [0, 0.1) is 0 Å². The molecule has 0 spiro atoms. The van der Waals surface area contributed by atoms with E-state index in [1.807, 2.05) is 0 Å². The fraction of sp³-hybridized carbons (Fsp3) is 0.429. The average Bonchev–Trinajstić information content (AvgIpc) is 3.09. The van der Waals surface area contributed by atoms with Gasteiger partial charge in [0.1, 0.15) is 0 Å². The highest BCUT2D eigenvalue weighted by atomic mass is 15.2. The zero-order valence-electron chi connectivity index (χ0n) is 14.3. The normalized spacial score (nSPS) is 18.0. The van der Waals surface area contributed by atoms with E-state index >= 15 is 0 Å². The van der Waals surface area contributed by atoms with Crippen LogP contribution in [-0.2, 0) is 13.0 Å². The van der Waals surface area contributed by atoms with Crippen molar-refractivity contribution in [1.82, 2.24) is 10.2 Å². The van der Waals surface area contributed by atoms with Crippen LogP contribution < -0.4 is 5.32 Å². The van der Waals surface area contributed by atoms with Gasteiger partial charge in [0.25, 0.3) is 0 Å². The highest BCUT2D eigenvalue weighted by molar-refractivity contribution is 5.32. The molecule has 0 saturated carbocycles. The number of benzene rings is 2. The lowest BCUT2D eigenvalue weighted by molar-refractivity contribution is 0.154. The Bertz CT molecular complexity index is 600. The van der Waals surface area contributed by atoms with Crippen LogP contribution >= 0.6 is 0 Å². The molecular weight excluding hydrogens is 280 g/mol. The number of hydrogen-bond donors (Lipinski definition) is 1. The Morgan fingerprint density at radius 2 is 1.70 bits per heavy atom. The van der Waals surface area contributed by atoms with Gasteiger partial charge in [0, 0.05) is 25.2 Å². The van der Waals surface area contributed by atoms with Crippen molar-refractivity contribution in [2.75, 3.05) is 13.1 Å². The molecule has 0 amide bonds. The molecule has 1 fully saturated rings. The zero-order chi connectivity index (χ0) is 16.1. The van der Waals surface area contributed by atoms with E-state index < -0.39 is 0 Å². The third-order valence-corrected chi connectivity index (χ3v) is 4.88. The Morgan fingerprint density at radius 1 is 1.00 bits per heavy atom. The summed E-state index contributed by atoms with van der Waals surface area (Å²) in [6, 6.07) is 21.0. The molecule has 1 atom stereocenters. The van der Waals surface area contributed by atoms with Crippen molar-refractivity contribution in [3.05, 3.63) is 71.3 Å². The lowest BCUT2D eigenvalue weighted by Crippen LogP contribution is -2.41. The highest BCUT2D eigenvalue weighted by Crippen LogP contribution is 2.21. The maximum Gasteiger partial charge on any atom is 0.0242 e. The first kappa shape index (κ1) is 16.2. The van der Waals surface area contributed by atoms with E-state index in [9.17, 15) is 0 Å². The summed E-state index contributed by atoms with van der Waals surface area (Å²) in [6.07, 6.45) is 2.28. The molecule has 0 unspecified atom stereocenters. The van der Waals surface area contributed by atoms with Crippen molar-refractivity contribution in [3.63, 3.8) is 0 Å². The molecular formula is C21H28N2. The van der Waals surface area contributed by atoms with Gasteiger partial charge in [-0.3, -0.25) is 4.90 Å². The standard InChI is InChI=1S/C21H28N2/c1-17(2)23(21-12-13-22-15-21)16-20-11-7-6-10-19(20)14-18-8-4-3-5-9-18/h3-11,17,21-22H,12-16H2,1-2H3/t21-/m0/s1. The van der Waals surface area contributed by atoms with Crippen molar-refractivity contribution in [1.29, 1.82) is 0 Å². The second-order valence-electron chi connectivity index (χ2n) is 6.84. The first-order valence-corrected chi connectivity index (χ1v) is 8.81. The van der Waals surface area contributed by atoms with Crippen LogP contribution in [0.25, 0.3) is 0 Å². The fourth-order valence-corrected chi connectivity index (χ4v) is 3.55. The summed E-state index contributed by atoms with van der Waals surface area (Å²) in [5.74, 6) is 0. The highest BCUT2D eigenvalue weighted by Gasteiger charge is 2.24. The average molecular weight is 308 g/mol. The molecule has 3 rings (SSSR count). The monoisotopic (exact) mass is 308 g/mol. The van der Waals surface area contributed by atoms with Crippen LogP contribution in [-0.4, -0.2) is 30.1 Å². The van der Waals surface area contributed by atoms with Gasteiger partial charge in [-0.05, 0) is 49.9 Å². The summed E-state index contributed by atoms with van der Waals surface area (Å²) in [7, 11) is 0. The molecule has 0 radical (unpaired) electrons. The number of rotatable bonds is 6. The Balaban J connectivity index is 1.78. The van der Waals surface area contributed by atoms with Gasteiger partial charge < -0.3 is 5.32 Å². The van der Waals surface area contributed by atoms with E-state index in [0.29, 0.717) is 12.1 Å². The minimum atomic E-state index is 0.574. The first-order valence-electron chi connectivity index (χ1n) is 8.81. The summed E-state index contributed by atoms with van der Waals surface area (Å²) < 4.78 is 0. The SMILES string of the molecule is CC(C)N(Cc1ccccc1Cc1ccccc1)[C@H]1CCNC1. The molecule has 122 valence electrons. The van der Waals surface area contributed by atoms with Crippen LogP contribution in [0.4, 0.5) is 0 Å². The molecule has 2 aromatic carbocycles. The molecule has 1 N–H and O–H groups in total.